The second kappa shape index (κ2) is 9.44. The van der Waals surface area contributed by atoms with Gasteiger partial charge in [-0.25, -0.2) is 18.7 Å². The maximum atomic E-state index is 14.5. The zero-order chi connectivity index (χ0) is 27.5. The Labute approximate surface area is 223 Å². The molecule has 0 radical (unpaired) electrons. The summed E-state index contributed by atoms with van der Waals surface area (Å²) >= 11 is 1.06. The van der Waals surface area contributed by atoms with Crippen molar-refractivity contribution in [2.24, 2.45) is 5.92 Å². The number of nitrogens with zero attached hydrogens (tertiary/aromatic N) is 2. The third-order valence-electron chi connectivity index (χ3n) is 7.08. The third kappa shape index (κ3) is 4.88. The van der Waals surface area contributed by atoms with Crippen molar-refractivity contribution in [2.45, 2.75) is 30.9 Å². The van der Waals surface area contributed by atoms with Crippen LogP contribution in [-0.4, -0.2) is 35.2 Å². The number of halogens is 5. The molecule has 0 spiro atoms. The summed E-state index contributed by atoms with van der Waals surface area (Å²) in [5, 5.41) is 2.97. The molecule has 2 aromatic carbocycles. The lowest BCUT2D eigenvalue weighted by atomic mass is 9.92. The SMILES string of the molecule is Nc1nc2c(F)cc(C(=O)NC[C@H](c3cc4c(c(-c5ccc(F)cc5)n3)OC[C@H]4C(F)(F)F)C3CC3)cc2s1. The molecule has 3 N–H and O–H groups in total. The number of hydrogen-bond donors (Lipinski definition) is 2. The smallest absolute Gasteiger partial charge is 0.399 e. The van der Waals surface area contributed by atoms with Gasteiger partial charge < -0.3 is 15.8 Å². The number of ether oxygens (including phenoxy) is 1. The van der Waals surface area contributed by atoms with E-state index < -0.39 is 36.2 Å². The molecule has 0 unspecified atom stereocenters. The highest BCUT2D eigenvalue weighted by Crippen LogP contribution is 2.50. The van der Waals surface area contributed by atoms with Crippen molar-refractivity contribution >= 4 is 32.6 Å². The molecule has 3 heterocycles. The van der Waals surface area contributed by atoms with Gasteiger partial charge in [0.05, 0.1) is 4.70 Å². The number of nitrogens with two attached hydrogens (primary N) is 1. The van der Waals surface area contributed by atoms with Gasteiger partial charge in [-0.3, -0.25) is 4.79 Å². The molecular weight excluding hydrogens is 539 g/mol. The minimum absolute atomic E-state index is 0.0267. The quantitative estimate of drug-likeness (QED) is 0.275. The molecule has 6 rings (SSSR count). The average molecular weight is 561 g/mol. The van der Waals surface area contributed by atoms with E-state index in [-0.39, 0.29) is 51.6 Å². The number of alkyl halides is 3. The summed E-state index contributed by atoms with van der Waals surface area (Å²) in [6.07, 6.45) is -2.88. The molecular formula is C27H21F5N4O2S. The molecule has 2 aromatic heterocycles. The number of hydrogen-bond acceptors (Lipinski definition) is 6. The predicted octanol–water partition coefficient (Wildman–Crippen LogP) is 6.18. The molecule has 1 amide bonds. The van der Waals surface area contributed by atoms with Crippen molar-refractivity contribution in [1.82, 2.24) is 15.3 Å². The molecule has 4 aromatic rings. The number of rotatable bonds is 6. The fourth-order valence-corrected chi connectivity index (χ4v) is 5.75. The lowest BCUT2D eigenvalue weighted by Gasteiger charge is -2.20. The Kier molecular flexibility index (Phi) is 6.17. The summed E-state index contributed by atoms with van der Waals surface area (Å²) in [5.74, 6) is -3.79. The Bertz CT molecular complexity index is 1580. The fourth-order valence-electron chi connectivity index (χ4n) is 4.96. The maximum absolute atomic E-state index is 14.5. The molecule has 12 heteroatoms. The van der Waals surface area contributed by atoms with E-state index in [1.54, 1.807) is 0 Å². The highest BCUT2D eigenvalue weighted by Gasteiger charge is 2.47. The number of anilines is 1. The van der Waals surface area contributed by atoms with E-state index in [0.717, 1.165) is 30.2 Å². The monoisotopic (exact) mass is 560 g/mol. The van der Waals surface area contributed by atoms with E-state index in [1.165, 1.54) is 36.4 Å². The van der Waals surface area contributed by atoms with E-state index in [4.69, 9.17) is 10.5 Å². The van der Waals surface area contributed by atoms with Gasteiger partial charge in [0.2, 0.25) is 0 Å². The van der Waals surface area contributed by atoms with Crippen molar-refractivity contribution in [3.05, 3.63) is 70.9 Å². The van der Waals surface area contributed by atoms with Gasteiger partial charge in [0.25, 0.3) is 5.91 Å². The first-order valence-electron chi connectivity index (χ1n) is 12.2. The molecule has 0 saturated heterocycles. The number of fused-ring (bicyclic) bond motifs is 2. The highest BCUT2D eigenvalue weighted by molar-refractivity contribution is 7.22. The van der Waals surface area contributed by atoms with Crippen LogP contribution in [0.5, 0.6) is 5.75 Å². The Morgan fingerprint density at radius 3 is 2.56 bits per heavy atom. The molecule has 0 bridgehead atoms. The van der Waals surface area contributed by atoms with Gasteiger partial charge in [-0.05, 0) is 61.2 Å². The van der Waals surface area contributed by atoms with E-state index in [9.17, 15) is 26.7 Å². The van der Waals surface area contributed by atoms with Crippen LogP contribution in [0.25, 0.3) is 21.5 Å². The summed E-state index contributed by atoms with van der Waals surface area (Å²) in [7, 11) is 0. The van der Waals surface area contributed by atoms with Gasteiger partial charge in [-0.2, -0.15) is 13.2 Å². The molecule has 1 saturated carbocycles. The number of carbonyl (C=O) groups is 1. The second-order valence-electron chi connectivity index (χ2n) is 9.74. The van der Waals surface area contributed by atoms with E-state index in [2.05, 4.69) is 15.3 Å². The standard InChI is InChI=1S/C27H21F5N4O2S/c28-15-5-3-13(4-6-15)22-24-16(18(11-38-24)27(30,31)32)9-20(35-22)17(12-1-2-12)10-34-25(37)14-7-19(29)23-21(8-14)39-26(33)36-23/h3-9,12,17-18H,1-2,10-11H2,(H2,33,36)(H,34,37)/t17-,18+/m0/s1. The molecule has 202 valence electrons. The highest BCUT2D eigenvalue weighted by atomic mass is 32.1. The zero-order valence-corrected chi connectivity index (χ0v) is 21.0. The first-order valence-corrected chi connectivity index (χ1v) is 13.0. The van der Waals surface area contributed by atoms with Crippen molar-refractivity contribution < 1.29 is 31.5 Å². The topological polar surface area (TPSA) is 90.1 Å². The van der Waals surface area contributed by atoms with E-state index in [0.29, 0.717) is 16.0 Å². The van der Waals surface area contributed by atoms with Gasteiger partial charge in [0.15, 0.2) is 10.9 Å². The van der Waals surface area contributed by atoms with Gasteiger partial charge in [-0.1, -0.05) is 11.3 Å². The van der Waals surface area contributed by atoms with Crippen molar-refractivity contribution in [3.8, 4) is 17.0 Å². The summed E-state index contributed by atoms with van der Waals surface area (Å²) < 4.78 is 75.6. The third-order valence-corrected chi connectivity index (χ3v) is 7.92. The van der Waals surface area contributed by atoms with Crippen molar-refractivity contribution in [2.75, 3.05) is 18.9 Å². The minimum atomic E-state index is -4.53. The summed E-state index contributed by atoms with van der Waals surface area (Å²) in [5.41, 5.74) is 6.80. The molecule has 1 aliphatic carbocycles. The Hall–Kier alpha value is -3.80. The predicted molar refractivity (Wildman–Crippen MR) is 136 cm³/mol. The van der Waals surface area contributed by atoms with Crippen LogP contribution in [0.2, 0.25) is 0 Å². The molecule has 6 nitrogen and oxygen atoms in total. The van der Waals surface area contributed by atoms with Gasteiger partial charge in [-0.15, -0.1) is 0 Å². The van der Waals surface area contributed by atoms with Crippen LogP contribution in [0, 0.1) is 17.6 Å². The maximum Gasteiger partial charge on any atom is 0.399 e. The zero-order valence-electron chi connectivity index (χ0n) is 20.2. The summed E-state index contributed by atoms with van der Waals surface area (Å²) in [4.78, 5) is 21.6. The average Bonchev–Trinajstić information content (AvgIpc) is 3.49. The molecule has 2 atom stereocenters. The summed E-state index contributed by atoms with van der Waals surface area (Å²) in [6.45, 7) is -0.487. The van der Waals surface area contributed by atoms with Gasteiger partial charge >= 0.3 is 6.18 Å². The number of thiazole rings is 1. The van der Waals surface area contributed by atoms with Crippen LogP contribution < -0.4 is 15.8 Å². The first kappa shape index (κ1) is 25.5. The normalized spacial score (nSPS) is 17.6. The second-order valence-corrected chi connectivity index (χ2v) is 10.8. The Morgan fingerprint density at radius 2 is 1.87 bits per heavy atom. The molecule has 39 heavy (non-hydrogen) atoms. The van der Waals surface area contributed by atoms with Crippen LogP contribution in [-0.2, 0) is 0 Å². The minimum Gasteiger partial charge on any atom is -0.490 e. The lowest BCUT2D eigenvalue weighted by molar-refractivity contribution is -0.151. The van der Waals surface area contributed by atoms with Crippen molar-refractivity contribution in [3.63, 3.8) is 0 Å². The molecule has 1 aliphatic heterocycles. The van der Waals surface area contributed by atoms with Crippen LogP contribution >= 0.6 is 11.3 Å². The lowest BCUT2D eigenvalue weighted by Crippen LogP contribution is -2.30. The van der Waals surface area contributed by atoms with Crippen LogP contribution in [0.1, 0.15) is 46.3 Å². The number of aromatic nitrogens is 2. The molecule has 1 fully saturated rings. The van der Waals surface area contributed by atoms with Crippen molar-refractivity contribution in [1.29, 1.82) is 0 Å². The van der Waals surface area contributed by atoms with Crippen LogP contribution in [0.15, 0.2) is 42.5 Å². The Balaban J connectivity index is 1.34. The van der Waals surface area contributed by atoms with Crippen LogP contribution in [0.4, 0.5) is 27.1 Å². The largest absolute Gasteiger partial charge is 0.490 e. The summed E-state index contributed by atoms with van der Waals surface area (Å²) in [6, 6.07) is 9.28. The fraction of sp³-hybridized carbons (Fsp3) is 0.296. The molecule has 2 aliphatic rings. The van der Waals surface area contributed by atoms with E-state index >= 15 is 0 Å². The number of amides is 1. The van der Waals surface area contributed by atoms with E-state index in [1.807, 2.05) is 0 Å². The van der Waals surface area contributed by atoms with Gasteiger partial charge in [0, 0.05) is 34.8 Å². The number of nitrogen functional groups attached to an aromatic ring is 1. The number of benzene rings is 2. The number of carbonyl (C=O) groups excluding carboxylic acids is 1. The number of nitrogens with one attached hydrogen (secondary N) is 1. The van der Waals surface area contributed by atoms with Gasteiger partial charge in [0.1, 0.15) is 35.3 Å². The Morgan fingerprint density at radius 1 is 1.13 bits per heavy atom. The van der Waals surface area contributed by atoms with Crippen LogP contribution in [0.3, 0.4) is 0 Å². The number of pyridine rings is 1. The first-order chi connectivity index (χ1) is 18.6.